The van der Waals surface area contributed by atoms with Crippen LogP contribution in [0.3, 0.4) is 0 Å². The third-order valence-electron chi connectivity index (χ3n) is 13.1. The van der Waals surface area contributed by atoms with Gasteiger partial charge in [0.25, 0.3) is 0 Å². The Morgan fingerprint density at radius 1 is 0.897 bits per heavy atom. The van der Waals surface area contributed by atoms with Crippen molar-refractivity contribution in [1.82, 2.24) is 34.9 Å². The summed E-state index contributed by atoms with van der Waals surface area (Å²) in [6, 6.07) is 23.4. The number of piperidine rings is 1. The highest BCUT2D eigenvalue weighted by Crippen LogP contribution is 2.43. The molecule has 5 aliphatic rings. The number of nitrogen functional groups attached to an aromatic ring is 1. The molecule has 4 atom stereocenters. The van der Waals surface area contributed by atoms with Crippen molar-refractivity contribution in [2.75, 3.05) is 30.3 Å². The summed E-state index contributed by atoms with van der Waals surface area (Å²) < 4.78 is 8.09. The van der Waals surface area contributed by atoms with Crippen molar-refractivity contribution in [2.24, 2.45) is 5.92 Å². The number of ether oxygens (including phenoxy) is 1. The number of rotatable bonds is 10. The lowest BCUT2D eigenvalue weighted by Crippen LogP contribution is -2.52. The molecule has 5 aromatic rings. The van der Waals surface area contributed by atoms with Crippen molar-refractivity contribution in [2.45, 2.75) is 81.7 Å². The normalized spacial score (nSPS) is 25.9. The minimum atomic E-state index is -0.828. The zero-order valence-corrected chi connectivity index (χ0v) is 32.1. The second-order valence-electron chi connectivity index (χ2n) is 16.5. The Balaban J connectivity index is 0.784. The number of anilines is 2. The zero-order valence-electron chi connectivity index (χ0n) is 32.1. The molecule has 3 aromatic carbocycles. The number of nitrogens with one attached hydrogen (secondary N) is 1. The number of aldehydes is 1. The number of hydrogen-bond donors (Lipinski definition) is 2. The zero-order chi connectivity index (χ0) is 39.5. The number of nitrogens with two attached hydrogens (primary N) is 1. The molecule has 1 saturated carbocycles. The summed E-state index contributed by atoms with van der Waals surface area (Å²) in [7, 11) is 0. The van der Waals surface area contributed by atoms with Gasteiger partial charge in [0.1, 0.15) is 35.4 Å². The summed E-state index contributed by atoms with van der Waals surface area (Å²) in [5.41, 5.74) is 11.7. The molecular weight excluding hydrogens is 735 g/mol. The fraction of sp³-hybridized carbons (Fsp3) is 0.386. The van der Waals surface area contributed by atoms with Crippen LogP contribution < -0.4 is 20.7 Å². The molecule has 2 amide bonds. The highest BCUT2D eigenvalue weighted by molar-refractivity contribution is 6.27. The molecule has 0 spiro atoms. The highest BCUT2D eigenvalue weighted by atomic mass is 16.5. The number of para-hydroxylation sites is 1. The third kappa shape index (κ3) is 6.49. The Morgan fingerprint density at radius 2 is 1.69 bits per heavy atom. The molecule has 14 heteroatoms. The van der Waals surface area contributed by atoms with Crippen LogP contribution in [0.5, 0.6) is 11.5 Å². The number of ketones is 1. The Hall–Kier alpha value is -5.99. The Morgan fingerprint density at radius 3 is 2.43 bits per heavy atom. The summed E-state index contributed by atoms with van der Waals surface area (Å²) >= 11 is 0. The van der Waals surface area contributed by atoms with E-state index in [9.17, 15) is 19.2 Å². The maximum absolute atomic E-state index is 13.0. The van der Waals surface area contributed by atoms with Crippen LogP contribution in [0.15, 0.2) is 79.1 Å². The SMILES string of the molecule is Nc1ncnc2c1c(-c1ccc(Oc3ccccc3)cc1)nn2C1CCC(CN2C[C@H]3C[C@@H]2CN3c2ccc3c(c2)C(C(=O)C=O)N(C2CCC(=O)NC2=O)C3)CC1. The van der Waals surface area contributed by atoms with Crippen molar-refractivity contribution in [3.8, 4) is 22.8 Å². The van der Waals surface area contributed by atoms with Crippen molar-refractivity contribution >= 4 is 46.4 Å². The van der Waals surface area contributed by atoms with Gasteiger partial charge in [-0.25, -0.2) is 14.6 Å². The first kappa shape index (κ1) is 36.4. The van der Waals surface area contributed by atoms with E-state index in [0.717, 1.165) is 102 Å². The molecule has 1 aliphatic carbocycles. The van der Waals surface area contributed by atoms with Crippen LogP contribution in [0.2, 0.25) is 0 Å². The van der Waals surface area contributed by atoms with E-state index in [-0.39, 0.29) is 18.4 Å². The molecule has 6 heterocycles. The van der Waals surface area contributed by atoms with E-state index >= 15 is 0 Å². The van der Waals surface area contributed by atoms with Gasteiger partial charge in [-0.1, -0.05) is 24.3 Å². The highest BCUT2D eigenvalue weighted by Gasteiger charge is 2.46. The Labute approximate surface area is 335 Å². The minimum absolute atomic E-state index is 0.210. The van der Waals surface area contributed by atoms with Crippen LogP contribution in [-0.2, 0) is 25.7 Å². The number of carbonyl (C=O) groups excluding carboxylic acids is 4. The molecule has 296 valence electrons. The number of Topliss-reactive ketones (excluding diaryl/α,β-unsaturated/α-hetero) is 1. The van der Waals surface area contributed by atoms with Gasteiger partial charge in [0.05, 0.1) is 17.5 Å². The molecule has 4 aliphatic heterocycles. The monoisotopic (exact) mass is 779 g/mol. The van der Waals surface area contributed by atoms with Crippen molar-refractivity contribution in [1.29, 1.82) is 0 Å². The smallest absolute Gasteiger partial charge is 0.243 e. The molecule has 2 bridgehead atoms. The number of likely N-dealkylation sites (tertiary alicyclic amines) is 1. The maximum atomic E-state index is 13.0. The largest absolute Gasteiger partial charge is 0.457 e. The first-order valence-electron chi connectivity index (χ1n) is 20.3. The number of amides is 2. The van der Waals surface area contributed by atoms with Gasteiger partial charge < -0.3 is 15.4 Å². The lowest BCUT2D eigenvalue weighted by molar-refractivity contribution is -0.141. The number of nitrogens with zero attached hydrogens (tertiary/aromatic N) is 7. The summed E-state index contributed by atoms with van der Waals surface area (Å²) in [4.78, 5) is 65.3. The predicted molar refractivity (Wildman–Crippen MR) is 216 cm³/mol. The number of fused-ring (bicyclic) bond motifs is 4. The van der Waals surface area contributed by atoms with E-state index < -0.39 is 23.8 Å². The standard InChI is InChI=1S/C44H45N9O5/c45-42-39-40(27-9-14-34(15-10-27)58-33-4-2-1-3-5-33)49-53(43(39)47-25-46-42)29-11-6-26(7-12-29)20-50-22-32-18-31(50)23-51(32)30-13-8-28-21-52(36-16-17-38(56)48-44(36)57)41(35(28)19-30)37(55)24-54/h1-5,8-10,13-15,19,24-26,29,31-32,36,41H,6-7,11-12,16-18,20-23H2,(H2,45,46,47)(H,48,56,57)/t26?,29?,31-,32-,36?,41?/m1/s1. The Bertz CT molecular complexity index is 2410. The number of imide groups is 1. The predicted octanol–water partition coefficient (Wildman–Crippen LogP) is 4.99. The summed E-state index contributed by atoms with van der Waals surface area (Å²) in [5.74, 6) is 1.25. The van der Waals surface area contributed by atoms with Gasteiger partial charge >= 0.3 is 0 Å². The molecule has 2 unspecified atom stereocenters. The molecule has 10 rings (SSSR count). The first-order chi connectivity index (χ1) is 28.3. The maximum Gasteiger partial charge on any atom is 0.243 e. The van der Waals surface area contributed by atoms with E-state index in [2.05, 4.69) is 41.9 Å². The molecule has 2 aromatic heterocycles. The Kier molecular flexibility index (Phi) is 9.24. The van der Waals surface area contributed by atoms with Crippen LogP contribution in [0.25, 0.3) is 22.3 Å². The van der Waals surface area contributed by atoms with E-state index in [1.165, 1.54) is 6.33 Å². The summed E-state index contributed by atoms with van der Waals surface area (Å²) in [5, 5.41) is 8.32. The lowest BCUT2D eigenvalue weighted by Gasteiger charge is -2.39. The molecule has 14 nitrogen and oxygen atoms in total. The summed E-state index contributed by atoms with van der Waals surface area (Å²) in [6.45, 7) is 3.34. The van der Waals surface area contributed by atoms with Crippen molar-refractivity contribution < 1.29 is 23.9 Å². The number of hydrogen-bond acceptors (Lipinski definition) is 12. The van der Waals surface area contributed by atoms with Crippen LogP contribution in [0.1, 0.15) is 68.2 Å². The molecule has 0 radical (unpaired) electrons. The number of carbonyl (C=O) groups is 4. The number of aromatic nitrogens is 4. The second kappa shape index (κ2) is 14.7. The third-order valence-corrected chi connectivity index (χ3v) is 13.1. The average molecular weight is 780 g/mol. The average Bonchev–Trinajstić information content (AvgIpc) is 4.03. The van der Waals surface area contributed by atoms with E-state index in [1.807, 2.05) is 60.7 Å². The fourth-order valence-electron chi connectivity index (χ4n) is 10.2. The quantitative estimate of drug-likeness (QED) is 0.111. The molecule has 3 saturated heterocycles. The summed E-state index contributed by atoms with van der Waals surface area (Å²) in [6.07, 6.45) is 7.73. The van der Waals surface area contributed by atoms with Gasteiger partial charge in [-0.15, -0.1) is 0 Å². The van der Waals surface area contributed by atoms with Crippen molar-refractivity contribution in [3.63, 3.8) is 0 Å². The molecule has 58 heavy (non-hydrogen) atoms. The van der Waals surface area contributed by atoms with E-state index in [4.69, 9.17) is 15.6 Å². The van der Waals surface area contributed by atoms with Gasteiger partial charge in [-0.3, -0.25) is 34.3 Å². The van der Waals surface area contributed by atoms with Crippen LogP contribution >= 0.6 is 0 Å². The second-order valence-corrected chi connectivity index (χ2v) is 16.5. The van der Waals surface area contributed by atoms with Gasteiger partial charge in [0.15, 0.2) is 11.9 Å². The molecule has 3 N–H and O–H groups in total. The number of piperazine rings is 1. The fourth-order valence-corrected chi connectivity index (χ4v) is 10.2. The number of benzene rings is 3. The topological polar surface area (TPSA) is 169 Å². The molecular formula is C44H45N9O5. The van der Waals surface area contributed by atoms with Gasteiger partial charge in [0, 0.05) is 55.9 Å². The van der Waals surface area contributed by atoms with Gasteiger partial charge in [-0.2, -0.15) is 5.10 Å². The minimum Gasteiger partial charge on any atom is -0.457 e. The van der Waals surface area contributed by atoms with Gasteiger partial charge in [0.2, 0.25) is 17.6 Å². The van der Waals surface area contributed by atoms with E-state index in [0.29, 0.717) is 43.1 Å². The van der Waals surface area contributed by atoms with E-state index in [1.54, 1.807) is 4.90 Å². The van der Waals surface area contributed by atoms with Gasteiger partial charge in [-0.05, 0) is 104 Å². The van der Waals surface area contributed by atoms with Crippen LogP contribution in [0, 0.1) is 5.92 Å². The van der Waals surface area contributed by atoms with Crippen LogP contribution in [-0.4, -0.2) is 91.2 Å². The molecule has 4 fully saturated rings. The lowest BCUT2D eigenvalue weighted by atomic mass is 9.85. The van der Waals surface area contributed by atoms with Crippen molar-refractivity contribution in [3.05, 3.63) is 90.3 Å². The van der Waals surface area contributed by atoms with Crippen LogP contribution in [0.4, 0.5) is 11.5 Å². The first-order valence-corrected chi connectivity index (χ1v) is 20.3.